The van der Waals surface area contributed by atoms with E-state index in [0.29, 0.717) is 0 Å². The van der Waals surface area contributed by atoms with Crippen LogP contribution in [-0.2, 0) is 24.6 Å². The first-order valence-electron chi connectivity index (χ1n) is 11.2. The zero-order chi connectivity index (χ0) is 23.7. The highest BCUT2D eigenvalue weighted by Crippen LogP contribution is 2.40. The number of carbonyl (C=O) groups is 1. The van der Waals surface area contributed by atoms with Gasteiger partial charge in [-0.05, 0) is 33.8 Å². The number of rotatable bonds is 9. The van der Waals surface area contributed by atoms with Crippen molar-refractivity contribution in [1.82, 2.24) is 0 Å². The molecule has 0 fully saturated rings. The number of hydrogen-bond donors (Lipinski definition) is 0. The fourth-order valence-corrected chi connectivity index (χ4v) is 3.60. The fourth-order valence-electron chi connectivity index (χ4n) is 3.60. The van der Waals surface area contributed by atoms with Gasteiger partial charge in [0, 0.05) is 16.7 Å². The monoisotopic (exact) mass is 444 g/mol. The average molecular weight is 445 g/mol. The molecule has 0 aromatic heterocycles. The summed E-state index contributed by atoms with van der Waals surface area (Å²) in [4.78, 5) is 11.9. The molecule has 0 aliphatic rings. The van der Waals surface area contributed by atoms with Crippen LogP contribution in [0.5, 0.6) is 0 Å². The lowest BCUT2D eigenvalue weighted by atomic mass is 9.80. The van der Waals surface area contributed by atoms with Gasteiger partial charge in [-0.25, -0.2) is 4.79 Å². The van der Waals surface area contributed by atoms with Gasteiger partial charge in [-0.3, -0.25) is 0 Å². The van der Waals surface area contributed by atoms with E-state index in [1.54, 1.807) is 12.3 Å². The zero-order valence-corrected chi connectivity index (χ0v) is 19.7. The molecule has 4 nitrogen and oxygen atoms in total. The first kappa shape index (κ1) is 24.3. The van der Waals surface area contributed by atoms with Gasteiger partial charge in [0.15, 0.2) is 5.60 Å². The summed E-state index contributed by atoms with van der Waals surface area (Å²) in [5, 5.41) is 0. The fraction of sp³-hybridized carbons (Fsp3) is 0.276. The number of esters is 1. The van der Waals surface area contributed by atoms with Crippen molar-refractivity contribution < 1.29 is 19.0 Å². The van der Waals surface area contributed by atoms with E-state index in [1.807, 2.05) is 82.3 Å². The highest BCUT2D eigenvalue weighted by molar-refractivity contribution is 5.71. The molecule has 4 heteroatoms. The van der Waals surface area contributed by atoms with E-state index >= 15 is 0 Å². The summed E-state index contributed by atoms with van der Waals surface area (Å²) in [6.07, 6.45) is 3.12. The van der Waals surface area contributed by atoms with E-state index in [2.05, 4.69) is 36.4 Å². The van der Waals surface area contributed by atoms with Gasteiger partial charge in [-0.15, -0.1) is 0 Å². The second-order valence-corrected chi connectivity index (χ2v) is 8.83. The molecule has 0 amide bonds. The highest BCUT2D eigenvalue weighted by atomic mass is 16.6. The third-order valence-corrected chi connectivity index (χ3v) is 5.02. The van der Waals surface area contributed by atoms with E-state index in [4.69, 9.17) is 14.2 Å². The van der Waals surface area contributed by atoms with Crippen LogP contribution in [0.3, 0.4) is 0 Å². The first-order chi connectivity index (χ1) is 15.8. The predicted molar refractivity (Wildman–Crippen MR) is 131 cm³/mol. The molecular formula is C29H32O4. The van der Waals surface area contributed by atoms with Crippen molar-refractivity contribution in [1.29, 1.82) is 0 Å². The Morgan fingerprint density at radius 1 is 0.788 bits per heavy atom. The molecule has 0 bridgehead atoms. The summed E-state index contributed by atoms with van der Waals surface area (Å²) in [6.45, 7) is 7.23. The molecule has 0 N–H and O–H groups in total. The van der Waals surface area contributed by atoms with Crippen LogP contribution in [0.4, 0.5) is 0 Å². The number of ether oxygens (including phenoxy) is 3. The van der Waals surface area contributed by atoms with Crippen LogP contribution in [0.2, 0.25) is 0 Å². The summed E-state index contributed by atoms with van der Waals surface area (Å²) in [7, 11) is 0. The quantitative estimate of drug-likeness (QED) is 0.222. The Morgan fingerprint density at radius 2 is 1.21 bits per heavy atom. The summed E-state index contributed by atoms with van der Waals surface area (Å²) in [6, 6.07) is 30.4. The maximum absolute atomic E-state index is 11.9. The second kappa shape index (κ2) is 11.0. The van der Waals surface area contributed by atoms with Crippen LogP contribution >= 0.6 is 0 Å². The molecular weight excluding hydrogens is 412 g/mol. The minimum atomic E-state index is -0.842. The van der Waals surface area contributed by atoms with E-state index in [1.165, 1.54) is 0 Å². The second-order valence-electron chi connectivity index (χ2n) is 8.83. The lowest BCUT2D eigenvalue weighted by molar-refractivity contribution is -0.161. The Kier molecular flexibility index (Phi) is 8.07. The normalized spacial score (nSPS) is 13.0. The summed E-state index contributed by atoms with van der Waals surface area (Å²) in [5.74, 6) is -0.393. The average Bonchev–Trinajstić information content (AvgIpc) is 2.81. The Balaban J connectivity index is 1.87. The van der Waals surface area contributed by atoms with Crippen molar-refractivity contribution in [2.75, 3.05) is 6.61 Å². The molecule has 3 rings (SSSR count). The lowest BCUT2D eigenvalue weighted by Gasteiger charge is -2.35. The topological polar surface area (TPSA) is 44.8 Å². The molecule has 1 unspecified atom stereocenters. The van der Waals surface area contributed by atoms with Crippen LogP contribution in [0.15, 0.2) is 103 Å². The van der Waals surface area contributed by atoms with Gasteiger partial charge >= 0.3 is 5.97 Å². The molecule has 0 aliphatic heterocycles. The minimum Gasteiger partial charge on any atom is -0.481 e. The van der Waals surface area contributed by atoms with Crippen LogP contribution in [0.25, 0.3) is 0 Å². The van der Waals surface area contributed by atoms with Gasteiger partial charge in [0.25, 0.3) is 0 Å². The van der Waals surface area contributed by atoms with Crippen molar-refractivity contribution in [3.05, 3.63) is 120 Å². The maximum atomic E-state index is 11.9. The molecule has 0 aliphatic carbocycles. The van der Waals surface area contributed by atoms with E-state index in [9.17, 15) is 4.79 Å². The van der Waals surface area contributed by atoms with Crippen molar-refractivity contribution >= 4 is 5.97 Å². The molecule has 3 aromatic carbocycles. The number of carbonyl (C=O) groups excluding carboxylic acids is 1. The number of benzene rings is 3. The Bertz CT molecular complexity index is 925. The standard InChI is InChI=1S/C29H32O4/c1-23(31-22-27(30)33-28(2,3)4)20-21-32-29(24-14-8-5-9-15-24,25-16-10-6-11-17-25)26-18-12-7-13-19-26/h5-21,23H,22H2,1-4H3. The lowest BCUT2D eigenvalue weighted by Crippen LogP contribution is -2.31. The van der Waals surface area contributed by atoms with E-state index in [0.717, 1.165) is 16.7 Å². The van der Waals surface area contributed by atoms with Crippen molar-refractivity contribution in [2.45, 2.75) is 45.0 Å². The Morgan fingerprint density at radius 3 is 1.61 bits per heavy atom. The summed E-state index contributed by atoms with van der Waals surface area (Å²) < 4.78 is 17.5. The SMILES string of the molecule is CC(C=COC(c1ccccc1)(c1ccccc1)c1ccccc1)OCC(=O)OC(C)(C)C. The maximum Gasteiger partial charge on any atom is 0.332 e. The zero-order valence-electron chi connectivity index (χ0n) is 19.7. The van der Waals surface area contributed by atoms with Gasteiger partial charge in [0.1, 0.15) is 12.2 Å². The third kappa shape index (κ3) is 6.56. The Labute approximate surface area is 196 Å². The molecule has 0 radical (unpaired) electrons. The van der Waals surface area contributed by atoms with Crippen molar-refractivity contribution in [3.8, 4) is 0 Å². The highest BCUT2D eigenvalue weighted by Gasteiger charge is 2.37. The molecule has 172 valence electrons. The van der Waals surface area contributed by atoms with Crippen LogP contribution in [0, 0.1) is 0 Å². The first-order valence-corrected chi connectivity index (χ1v) is 11.2. The predicted octanol–water partition coefficient (Wildman–Crippen LogP) is 6.26. The molecule has 0 spiro atoms. The van der Waals surface area contributed by atoms with Gasteiger partial charge in [-0.1, -0.05) is 91.0 Å². The van der Waals surface area contributed by atoms with Crippen molar-refractivity contribution in [2.24, 2.45) is 0 Å². The van der Waals surface area contributed by atoms with Gasteiger partial charge in [-0.2, -0.15) is 0 Å². The molecule has 33 heavy (non-hydrogen) atoms. The summed E-state index contributed by atoms with van der Waals surface area (Å²) >= 11 is 0. The molecule has 3 aromatic rings. The van der Waals surface area contributed by atoms with E-state index in [-0.39, 0.29) is 12.7 Å². The Hall–Kier alpha value is -3.37. The number of hydrogen-bond acceptors (Lipinski definition) is 4. The molecule has 1 atom stereocenters. The molecule has 0 saturated heterocycles. The summed E-state index contributed by atoms with van der Waals surface area (Å²) in [5.41, 5.74) is 1.65. The van der Waals surface area contributed by atoms with Gasteiger partial charge in [0.2, 0.25) is 0 Å². The van der Waals surface area contributed by atoms with Crippen LogP contribution in [0.1, 0.15) is 44.4 Å². The van der Waals surface area contributed by atoms with Gasteiger partial charge < -0.3 is 14.2 Å². The molecule has 0 heterocycles. The van der Waals surface area contributed by atoms with Crippen LogP contribution in [-0.4, -0.2) is 24.3 Å². The largest absolute Gasteiger partial charge is 0.481 e. The minimum absolute atomic E-state index is 0.121. The van der Waals surface area contributed by atoms with Crippen molar-refractivity contribution in [3.63, 3.8) is 0 Å². The third-order valence-electron chi connectivity index (χ3n) is 5.02. The van der Waals surface area contributed by atoms with Crippen LogP contribution < -0.4 is 0 Å². The van der Waals surface area contributed by atoms with E-state index < -0.39 is 17.2 Å². The smallest absolute Gasteiger partial charge is 0.332 e. The van der Waals surface area contributed by atoms with Gasteiger partial charge in [0.05, 0.1) is 12.4 Å². The molecule has 0 saturated carbocycles.